The highest BCUT2D eigenvalue weighted by atomic mass is 16.5. The van der Waals surface area contributed by atoms with Gasteiger partial charge < -0.3 is 20.1 Å². The van der Waals surface area contributed by atoms with Gasteiger partial charge >= 0.3 is 5.97 Å². The Labute approximate surface area is 206 Å². The number of benzene rings is 2. The molecule has 3 unspecified atom stereocenters. The van der Waals surface area contributed by atoms with Crippen LogP contribution in [-0.2, 0) is 32.0 Å². The molecule has 2 amide bonds. The lowest BCUT2D eigenvalue weighted by Crippen LogP contribution is -2.56. The summed E-state index contributed by atoms with van der Waals surface area (Å²) >= 11 is 0. The molecule has 35 heavy (non-hydrogen) atoms. The van der Waals surface area contributed by atoms with Gasteiger partial charge in [-0.1, -0.05) is 50.5 Å². The van der Waals surface area contributed by atoms with E-state index >= 15 is 0 Å². The fourth-order valence-electron chi connectivity index (χ4n) is 5.01. The van der Waals surface area contributed by atoms with Gasteiger partial charge in [-0.15, -0.1) is 0 Å². The third-order valence-corrected chi connectivity index (χ3v) is 6.99. The van der Waals surface area contributed by atoms with Gasteiger partial charge in [0.2, 0.25) is 11.8 Å². The van der Waals surface area contributed by atoms with Crippen molar-refractivity contribution in [1.29, 1.82) is 0 Å². The number of carbonyl (C=O) groups is 3. The first kappa shape index (κ1) is 24.8. The van der Waals surface area contributed by atoms with Crippen molar-refractivity contribution >= 4 is 17.8 Å². The minimum absolute atomic E-state index is 0.0382. The first-order valence-electron chi connectivity index (χ1n) is 12.5. The van der Waals surface area contributed by atoms with Crippen molar-refractivity contribution in [3.05, 3.63) is 59.7 Å². The monoisotopic (exact) mass is 478 g/mol. The maximum absolute atomic E-state index is 13.5. The number of nitrogens with one attached hydrogen (secondary N) is 2. The highest BCUT2D eigenvalue weighted by Crippen LogP contribution is 2.28. The molecule has 7 heteroatoms. The zero-order chi connectivity index (χ0) is 24.8. The Kier molecular flexibility index (Phi) is 8.06. The van der Waals surface area contributed by atoms with Crippen molar-refractivity contribution in [2.75, 3.05) is 7.11 Å². The molecule has 2 aromatic carbocycles. The molecule has 0 spiro atoms. The van der Waals surface area contributed by atoms with Crippen molar-refractivity contribution in [3.63, 3.8) is 0 Å². The van der Waals surface area contributed by atoms with E-state index in [4.69, 9.17) is 9.47 Å². The van der Waals surface area contributed by atoms with Gasteiger partial charge in [-0.2, -0.15) is 0 Å². The van der Waals surface area contributed by atoms with Crippen LogP contribution < -0.4 is 15.4 Å². The minimum Gasteiger partial charge on any atom is -0.467 e. The standard InChI is InChI=1S/C28H34N2O5/c1-18-15-19-11-13-22(14-12-19)35-23-10-6-7-20(16-23)17-24(28(33)34-2)29-27(32)25(30-26(18)31)21-8-4-3-5-9-21/h6-7,10-14,16,18,21,24-25H,3-5,8-9,15,17H2,1-2H3,(H,29,32)(H,30,31). The number of fused-ring (bicyclic) bond motifs is 10. The zero-order valence-electron chi connectivity index (χ0n) is 20.4. The molecule has 1 saturated carbocycles. The average molecular weight is 479 g/mol. The molecule has 3 atom stereocenters. The lowest BCUT2D eigenvalue weighted by atomic mass is 9.83. The third kappa shape index (κ3) is 6.41. The Morgan fingerprint density at radius 1 is 0.886 bits per heavy atom. The molecule has 4 bridgehead atoms. The highest BCUT2D eigenvalue weighted by molar-refractivity contribution is 5.91. The molecule has 2 aromatic rings. The van der Waals surface area contributed by atoms with Crippen LogP contribution >= 0.6 is 0 Å². The second-order valence-corrected chi connectivity index (χ2v) is 9.67. The van der Waals surface area contributed by atoms with Crippen molar-refractivity contribution in [2.24, 2.45) is 11.8 Å². The molecule has 186 valence electrons. The summed E-state index contributed by atoms with van der Waals surface area (Å²) in [5.41, 5.74) is 1.84. The molecule has 7 nitrogen and oxygen atoms in total. The first-order valence-corrected chi connectivity index (χ1v) is 12.5. The van der Waals surface area contributed by atoms with Crippen LogP contribution in [0.5, 0.6) is 11.5 Å². The third-order valence-electron chi connectivity index (χ3n) is 6.99. The van der Waals surface area contributed by atoms with E-state index < -0.39 is 18.1 Å². The van der Waals surface area contributed by atoms with Gasteiger partial charge in [0.15, 0.2) is 0 Å². The topological polar surface area (TPSA) is 93.7 Å². The number of carbonyl (C=O) groups excluding carboxylic acids is 3. The van der Waals surface area contributed by atoms with Crippen LogP contribution in [0.25, 0.3) is 0 Å². The van der Waals surface area contributed by atoms with Crippen LogP contribution in [0.2, 0.25) is 0 Å². The fraction of sp³-hybridized carbons (Fsp3) is 0.464. The Bertz CT molecular complexity index is 1050. The Morgan fingerprint density at radius 3 is 2.34 bits per heavy atom. The number of ether oxygens (including phenoxy) is 2. The van der Waals surface area contributed by atoms with Gasteiger partial charge in [0.25, 0.3) is 0 Å². The normalized spacial score (nSPS) is 24.0. The Hall–Kier alpha value is -3.35. The Balaban J connectivity index is 1.68. The van der Waals surface area contributed by atoms with E-state index in [1.165, 1.54) is 7.11 Å². The van der Waals surface area contributed by atoms with E-state index in [0.29, 0.717) is 17.9 Å². The average Bonchev–Trinajstić information content (AvgIpc) is 2.87. The molecule has 2 N–H and O–H groups in total. The predicted octanol–water partition coefficient (Wildman–Crippen LogP) is 3.94. The maximum Gasteiger partial charge on any atom is 0.328 e. The highest BCUT2D eigenvalue weighted by Gasteiger charge is 2.34. The van der Waals surface area contributed by atoms with Gasteiger partial charge in [-0.25, -0.2) is 4.79 Å². The molecule has 1 aliphatic carbocycles. The van der Waals surface area contributed by atoms with Crippen molar-refractivity contribution in [1.82, 2.24) is 10.6 Å². The molecule has 1 fully saturated rings. The van der Waals surface area contributed by atoms with E-state index in [1.54, 1.807) is 0 Å². The quantitative estimate of drug-likeness (QED) is 0.638. The molecule has 2 aliphatic heterocycles. The first-order chi connectivity index (χ1) is 16.9. The van der Waals surface area contributed by atoms with Crippen LogP contribution in [0.15, 0.2) is 48.5 Å². The number of amides is 2. The number of hydrogen-bond donors (Lipinski definition) is 2. The zero-order valence-corrected chi connectivity index (χ0v) is 20.4. The summed E-state index contributed by atoms with van der Waals surface area (Å²) in [6.07, 6.45) is 5.72. The van der Waals surface area contributed by atoms with Crippen LogP contribution in [0.3, 0.4) is 0 Å². The van der Waals surface area contributed by atoms with Gasteiger partial charge in [0.1, 0.15) is 23.6 Å². The van der Waals surface area contributed by atoms with Crippen LogP contribution in [0.1, 0.15) is 50.2 Å². The molecule has 0 saturated heterocycles. The number of methoxy groups -OCH3 is 1. The molecule has 2 heterocycles. The maximum atomic E-state index is 13.5. The minimum atomic E-state index is -0.877. The van der Waals surface area contributed by atoms with E-state index in [9.17, 15) is 14.4 Å². The van der Waals surface area contributed by atoms with Gasteiger partial charge in [0, 0.05) is 12.3 Å². The van der Waals surface area contributed by atoms with Gasteiger partial charge in [-0.05, 0) is 60.6 Å². The van der Waals surface area contributed by atoms with Gasteiger partial charge in [0.05, 0.1) is 7.11 Å². The fourth-order valence-corrected chi connectivity index (χ4v) is 5.01. The molecule has 3 aliphatic rings. The lowest BCUT2D eigenvalue weighted by Gasteiger charge is -2.32. The van der Waals surface area contributed by atoms with Crippen molar-refractivity contribution in [3.8, 4) is 11.5 Å². The van der Waals surface area contributed by atoms with Crippen LogP contribution in [-0.4, -0.2) is 37.0 Å². The van der Waals surface area contributed by atoms with E-state index in [-0.39, 0.29) is 30.1 Å². The van der Waals surface area contributed by atoms with E-state index in [1.807, 2.05) is 55.5 Å². The summed E-state index contributed by atoms with van der Waals surface area (Å²) in [5.74, 6) is 0.0106. The predicted molar refractivity (Wildman–Crippen MR) is 132 cm³/mol. The summed E-state index contributed by atoms with van der Waals surface area (Å²) in [7, 11) is 1.31. The van der Waals surface area contributed by atoms with E-state index in [0.717, 1.165) is 43.2 Å². The molecular formula is C28H34N2O5. The largest absolute Gasteiger partial charge is 0.467 e. The Morgan fingerprint density at radius 2 is 1.63 bits per heavy atom. The summed E-state index contributed by atoms with van der Waals surface area (Å²) in [4.78, 5) is 39.3. The smallest absolute Gasteiger partial charge is 0.328 e. The summed E-state index contributed by atoms with van der Waals surface area (Å²) in [5, 5.41) is 5.91. The summed E-state index contributed by atoms with van der Waals surface area (Å²) in [6, 6.07) is 13.6. The summed E-state index contributed by atoms with van der Waals surface area (Å²) in [6.45, 7) is 1.87. The number of esters is 1. The second-order valence-electron chi connectivity index (χ2n) is 9.67. The van der Waals surface area contributed by atoms with E-state index in [2.05, 4.69) is 10.6 Å². The molecule has 0 aromatic heterocycles. The van der Waals surface area contributed by atoms with Crippen LogP contribution in [0.4, 0.5) is 0 Å². The van der Waals surface area contributed by atoms with Gasteiger partial charge in [-0.3, -0.25) is 9.59 Å². The number of hydrogen-bond acceptors (Lipinski definition) is 5. The van der Waals surface area contributed by atoms with Crippen LogP contribution in [0, 0.1) is 11.8 Å². The molecular weight excluding hydrogens is 444 g/mol. The second kappa shape index (κ2) is 11.4. The summed E-state index contributed by atoms with van der Waals surface area (Å²) < 4.78 is 11.0. The molecule has 0 radical (unpaired) electrons. The lowest BCUT2D eigenvalue weighted by molar-refractivity contribution is -0.145. The molecule has 5 rings (SSSR count). The SMILES string of the molecule is COC(=O)C1Cc2cccc(c2)Oc2ccc(cc2)CC(C)C(=O)NC(C2CCCCC2)C(=O)N1. The van der Waals surface area contributed by atoms with Crippen molar-refractivity contribution in [2.45, 2.75) is 64.0 Å². The number of rotatable bonds is 2. The van der Waals surface area contributed by atoms with Crippen molar-refractivity contribution < 1.29 is 23.9 Å².